The highest BCUT2D eigenvalue weighted by Crippen LogP contribution is 2.38. The van der Waals surface area contributed by atoms with Gasteiger partial charge in [-0.25, -0.2) is 0 Å². The van der Waals surface area contributed by atoms with E-state index in [1.165, 1.54) is 0 Å². The number of carboxylic acid groups (broad SMARTS) is 1. The number of carboxylic acids is 1. The summed E-state index contributed by atoms with van der Waals surface area (Å²) in [7, 11) is 0. The van der Waals surface area contributed by atoms with Gasteiger partial charge in [0.25, 0.3) is 0 Å². The molecular formula is C14H18BrNO3S. The summed E-state index contributed by atoms with van der Waals surface area (Å²) >= 11 is 4.92. The molecule has 1 N–H and O–H groups in total. The molecule has 6 heteroatoms. The molecule has 0 aliphatic carbocycles. The molecule has 1 aliphatic heterocycles. The molecule has 1 fully saturated rings. The molecule has 0 spiro atoms. The Bertz CT molecular complexity index is 528. The van der Waals surface area contributed by atoms with Crippen molar-refractivity contribution in [2.45, 2.75) is 26.7 Å². The third-order valence-corrected chi connectivity index (χ3v) is 5.76. The van der Waals surface area contributed by atoms with Crippen molar-refractivity contribution in [1.29, 1.82) is 0 Å². The molecular weight excluding hydrogens is 342 g/mol. The van der Waals surface area contributed by atoms with Crippen molar-refractivity contribution < 1.29 is 14.7 Å². The van der Waals surface area contributed by atoms with Gasteiger partial charge in [-0.1, -0.05) is 13.8 Å². The van der Waals surface area contributed by atoms with Crippen LogP contribution in [-0.4, -0.2) is 35.0 Å². The van der Waals surface area contributed by atoms with Gasteiger partial charge in [0.2, 0.25) is 5.91 Å². The van der Waals surface area contributed by atoms with Gasteiger partial charge in [0.05, 0.1) is 15.6 Å². The van der Waals surface area contributed by atoms with Gasteiger partial charge >= 0.3 is 5.97 Å². The largest absolute Gasteiger partial charge is 0.481 e. The van der Waals surface area contributed by atoms with E-state index >= 15 is 0 Å². The standard InChI is InChI=1S/C14H18BrNO3S/c1-9(2)14(13(18)19)5-6-16(8-14)12(17)7-10-3-4-11(15)20-10/h3-4,9H,5-8H2,1-2H3,(H,18,19). The summed E-state index contributed by atoms with van der Waals surface area (Å²) in [5.41, 5.74) is -0.786. The minimum Gasteiger partial charge on any atom is -0.481 e. The summed E-state index contributed by atoms with van der Waals surface area (Å²) in [5.74, 6) is -0.751. The van der Waals surface area contributed by atoms with Crippen LogP contribution in [0, 0.1) is 11.3 Å². The molecule has 1 unspecified atom stereocenters. The molecule has 0 radical (unpaired) electrons. The zero-order valence-electron chi connectivity index (χ0n) is 11.6. The van der Waals surface area contributed by atoms with Gasteiger partial charge in [-0.2, -0.15) is 0 Å². The predicted octanol–water partition coefficient (Wildman–Crippen LogP) is 3.01. The zero-order valence-corrected chi connectivity index (χ0v) is 14.0. The number of halogens is 1. The Labute approximate surface area is 130 Å². The summed E-state index contributed by atoms with van der Waals surface area (Å²) in [6.07, 6.45) is 0.893. The first-order valence-electron chi connectivity index (χ1n) is 6.60. The fourth-order valence-corrected chi connectivity index (χ4v) is 4.12. The number of carbonyl (C=O) groups excluding carboxylic acids is 1. The van der Waals surface area contributed by atoms with Crippen LogP contribution in [-0.2, 0) is 16.0 Å². The molecule has 1 saturated heterocycles. The summed E-state index contributed by atoms with van der Waals surface area (Å²) < 4.78 is 1.00. The Morgan fingerprint density at radius 2 is 2.20 bits per heavy atom. The van der Waals surface area contributed by atoms with Crippen molar-refractivity contribution in [3.63, 3.8) is 0 Å². The molecule has 4 nitrogen and oxygen atoms in total. The first-order valence-corrected chi connectivity index (χ1v) is 8.21. The highest BCUT2D eigenvalue weighted by Gasteiger charge is 2.48. The van der Waals surface area contributed by atoms with Crippen molar-refractivity contribution in [3.8, 4) is 0 Å². The lowest BCUT2D eigenvalue weighted by Gasteiger charge is -2.28. The lowest BCUT2D eigenvalue weighted by atomic mass is 9.76. The molecule has 20 heavy (non-hydrogen) atoms. The lowest BCUT2D eigenvalue weighted by Crippen LogP contribution is -2.40. The molecule has 2 rings (SSSR count). The fraction of sp³-hybridized carbons (Fsp3) is 0.571. The van der Waals surface area contributed by atoms with E-state index in [2.05, 4.69) is 15.9 Å². The number of nitrogens with zero attached hydrogens (tertiary/aromatic N) is 1. The Morgan fingerprint density at radius 1 is 1.50 bits per heavy atom. The molecule has 0 aromatic carbocycles. The van der Waals surface area contributed by atoms with Gasteiger partial charge in [-0.15, -0.1) is 11.3 Å². The first-order chi connectivity index (χ1) is 9.35. The maximum absolute atomic E-state index is 12.3. The van der Waals surface area contributed by atoms with E-state index in [9.17, 15) is 14.7 Å². The monoisotopic (exact) mass is 359 g/mol. The number of hydrogen-bond acceptors (Lipinski definition) is 3. The van der Waals surface area contributed by atoms with Crippen LogP contribution in [0.15, 0.2) is 15.9 Å². The minimum atomic E-state index is -0.790. The van der Waals surface area contributed by atoms with E-state index in [1.807, 2.05) is 26.0 Å². The molecule has 1 aromatic rings. The smallest absolute Gasteiger partial charge is 0.311 e. The second-order valence-corrected chi connectivity index (χ2v) is 8.11. The van der Waals surface area contributed by atoms with Crippen LogP contribution in [0.3, 0.4) is 0 Å². The highest BCUT2D eigenvalue weighted by atomic mass is 79.9. The van der Waals surface area contributed by atoms with Gasteiger partial charge in [-0.05, 0) is 40.4 Å². The van der Waals surface area contributed by atoms with Crippen LogP contribution < -0.4 is 0 Å². The molecule has 1 aliphatic rings. The molecule has 110 valence electrons. The van der Waals surface area contributed by atoms with E-state index in [1.54, 1.807) is 16.2 Å². The maximum Gasteiger partial charge on any atom is 0.311 e. The quantitative estimate of drug-likeness (QED) is 0.898. The molecule has 1 atom stereocenters. The van der Waals surface area contributed by atoms with Crippen molar-refractivity contribution in [2.75, 3.05) is 13.1 Å². The number of thiophene rings is 1. The SMILES string of the molecule is CC(C)C1(C(=O)O)CCN(C(=O)Cc2ccc(Br)s2)C1. The van der Waals surface area contributed by atoms with Gasteiger partial charge in [0, 0.05) is 18.0 Å². The Hall–Kier alpha value is -0.880. The van der Waals surface area contributed by atoms with E-state index in [4.69, 9.17) is 0 Å². The third kappa shape index (κ3) is 2.91. The summed E-state index contributed by atoms with van der Waals surface area (Å²) in [6, 6.07) is 3.85. The second-order valence-electron chi connectivity index (χ2n) is 5.56. The number of aliphatic carboxylic acids is 1. The number of carbonyl (C=O) groups is 2. The van der Waals surface area contributed by atoms with Crippen LogP contribution >= 0.6 is 27.3 Å². The van der Waals surface area contributed by atoms with E-state index < -0.39 is 11.4 Å². The van der Waals surface area contributed by atoms with E-state index in [0.29, 0.717) is 25.9 Å². The van der Waals surface area contributed by atoms with Crippen molar-refractivity contribution in [3.05, 3.63) is 20.8 Å². The van der Waals surface area contributed by atoms with Crippen LogP contribution in [0.25, 0.3) is 0 Å². The number of hydrogen-bond donors (Lipinski definition) is 1. The van der Waals surface area contributed by atoms with Crippen LogP contribution in [0.1, 0.15) is 25.1 Å². The normalized spacial score (nSPS) is 22.5. The Kier molecular flexibility index (Phi) is 4.54. The summed E-state index contributed by atoms with van der Waals surface area (Å²) in [6.45, 7) is 4.69. The molecule has 1 amide bonds. The molecule has 0 saturated carbocycles. The van der Waals surface area contributed by atoms with Gasteiger partial charge in [0.15, 0.2) is 0 Å². The second kappa shape index (κ2) is 5.85. The Morgan fingerprint density at radius 3 is 2.65 bits per heavy atom. The van der Waals surface area contributed by atoms with Gasteiger partial charge in [0.1, 0.15) is 0 Å². The van der Waals surface area contributed by atoms with Crippen LogP contribution in [0.5, 0.6) is 0 Å². The Balaban J connectivity index is 2.05. The van der Waals surface area contributed by atoms with Crippen LogP contribution in [0.2, 0.25) is 0 Å². The summed E-state index contributed by atoms with van der Waals surface area (Å²) in [4.78, 5) is 26.5. The molecule has 2 heterocycles. The van der Waals surface area contributed by atoms with E-state index in [-0.39, 0.29) is 11.8 Å². The number of likely N-dealkylation sites (tertiary alicyclic amines) is 1. The van der Waals surface area contributed by atoms with Crippen molar-refractivity contribution >= 4 is 39.1 Å². The lowest BCUT2D eigenvalue weighted by molar-refractivity contribution is -0.151. The van der Waals surface area contributed by atoms with Gasteiger partial charge in [-0.3, -0.25) is 9.59 Å². The third-order valence-electron chi connectivity index (χ3n) is 4.14. The summed E-state index contributed by atoms with van der Waals surface area (Å²) in [5, 5.41) is 9.48. The zero-order chi connectivity index (χ0) is 14.9. The maximum atomic E-state index is 12.3. The number of amides is 1. The number of rotatable bonds is 4. The van der Waals surface area contributed by atoms with E-state index in [0.717, 1.165) is 8.66 Å². The average Bonchev–Trinajstić information content (AvgIpc) is 2.96. The van der Waals surface area contributed by atoms with Crippen molar-refractivity contribution in [1.82, 2.24) is 4.90 Å². The molecule has 1 aromatic heterocycles. The highest BCUT2D eigenvalue weighted by molar-refractivity contribution is 9.11. The molecule has 0 bridgehead atoms. The van der Waals surface area contributed by atoms with Gasteiger partial charge < -0.3 is 10.0 Å². The topological polar surface area (TPSA) is 57.6 Å². The van der Waals surface area contributed by atoms with Crippen LogP contribution in [0.4, 0.5) is 0 Å². The fourth-order valence-electron chi connectivity index (χ4n) is 2.65. The van der Waals surface area contributed by atoms with Crippen molar-refractivity contribution in [2.24, 2.45) is 11.3 Å². The average molecular weight is 360 g/mol. The minimum absolute atomic E-state index is 0.0168. The predicted molar refractivity (Wildman–Crippen MR) is 81.8 cm³/mol. The first kappa shape index (κ1) is 15.5.